The van der Waals surface area contributed by atoms with Gasteiger partial charge < -0.3 is 4.74 Å². The predicted octanol–water partition coefficient (Wildman–Crippen LogP) is 5.04. The number of rotatable bonds is 4. The quantitative estimate of drug-likeness (QED) is 0.420. The van der Waals surface area contributed by atoms with Gasteiger partial charge in [-0.25, -0.2) is 0 Å². The van der Waals surface area contributed by atoms with Gasteiger partial charge in [0.2, 0.25) is 5.75 Å². The van der Waals surface area contributed by atoms with Gasteiger partial charge in [-0.15, -0.1) is 0 Å². The average Bonchev–Trinajstić information content (AvgIpc) is 2.39. The third kappa shape index (κ3) is 3.54. The molecule has 0 spiro atoms. The van der Waals surface area contributed by atoms with E-state index in [1.54, 1.807) is 30.3 Å². The van der Waals surface area contributed by atoms with E-state index >= 15 is 0 Å². The van der Waals surface area contributed by atoms with Crippen LogP contribution in [0.4, 0.5) is 5.69 Å². The first kappa shape index (κ1) is 14.0. The van der Waals surface area contributed by atoms with Gasteiger partial charge in [0.05, 0.1) is 4.92 Å². The van der Waals surface area contributed by atoms with Crippen molar-refractivity contribution in [1.82, 2.24) is 0 Å². The van der Waals surface area contributed by atoms with E-state index in [1.807, 2.05) is 6.07 Å². The van der Waals surface area contributed by atoms with Crippen LogP contribution in [0.3, 0.4) is 0 Å². The summed E-state index contributed by atoms with van der Waals surface area (Å²) in [7, 11) is 0. The number of hydrogen-bond acceptors (Lipinski definition) is 3. The minimum Gasteiger partial charge on any atom is -0.450 e. The van der Waals surface area contributed by atoms with Crippen molar-refractivity contribution in [1.29, 1.82) is 0 Å². The molecule has 0 heterocycles. The van der Waals surface area contributed by atoms with Crippen LogP contribution in [0.25, 0.3) is 0 Å². The lowest BCUT2D eigenvalue weighted by Crippen LogP contribution is -1.94. The Labute approximate surface area is 126 Å². The Bertz CT molecular complexity index is 617. The fraction of sp³-hybridized carbons (Fsp3) is 0.0769. The van der Waals surface area contributed by atoms with Gasteiger partial charge in [-0.3, -0.25) is 10.1 Å². The van der Waals surface area contributed by atoms with Crippen LogP contribution in [0.5, 0.6) is 11.5 Å². The average molecular weight is 387 g/mol. The number of nitrogens with zero attached hydrogens (tertiary/aromatic N) is 1. The number of nitro groups is 1. The molecule has 0 aliphatic heterocycles. The highest BCUT2D eigenvalue weighted by atomic mass is 79.9. The molecule has 19 heavy (non-hydrogen) atoms. The maximum Gasteiger partial charge on any atom is 0.311 e. The van der Waals surface area contributed by atoms with Gasteiger partial charge in [0.25, 0.3) is 0 Å². The molecule has 0 bridgehead atoms. The molecule has 0 radical (unpaired) electrons. The first-order valence-electron chi connectivity index (χ1n) is 5.37. The highest BCUT2D eigenvalue weighted by Crippen LogP contribution is 2.33. The van der Waals surface area contributed by atoms with Crippen LogP contribution in [0.2, 0.25) is 0 Å². The Morgan fingerprint density at radius 2 is 2.00 bits per heavy atom. The molecule has 0 atom stereocenters. The van der Waals surface area contributed by atoms with Gasteiger partial charge >= 0.3 is 5.69 Å². The Hall–Kier alpha value is -1.40. The molecule has 0 fully saturated rings. The van der Waals surface area contributed by atoms with E-state index in [1.165, 1.54) is 6.07 Å². The molecule has 0 aromatic heterocycles. The molecule has 0 aliphatic carbocycles. The highest BCUT2D eigenvalue weighted by Gasteiger charge is 2.16. The monoisotopic (exact) mass is 385 g/mol. The van der Waals surface area contributed by atoms with Crippen LogP contribution in [0, 0.1) is 10.1 Å². The standard InChI is InChI=1S/C13H9Br2NO3/c14-8-9-4-5-13(12(6-9)16(17)18)19-11-3-1-2-10(15)7-11/h1-7H,8H2. The van der Waals surface area contributed by atoms with Crippen LogP contribution in [-0.2, 0) is 5.33 Å². The molecule has 0 amide bonds. The molecule has 4 nitrogen and oxygen atoms in total. The number of halogens is 2. The second-order valence-electron chi connectivity index (χ2n) is 3.75. The van der Waals surface area contributed by atoms with E-state index in [4.69, 9.17) is 4.74 Å². The lowest BCUT2D eigenvalue weighted by molar-refractivity contribution is -0.385. The molecule has 0 saturated heterocycles. The van der Waals surface area contributed by atoms with Crippen molar-refractivity contribution in [2.24, 2.45) is 0 Å². The van der Waals surface area contributed by atoms with Crippen LogP contribution < -0.4 is 4.74 Å². The zero-order valence-corrected chi connectivity index (χ0v) is 12.8. The summed E-state index contributed by atoms with van der Waals surface area (Å²) in [5.74, 6) is 0.775. The number of benzene rings is 2. The van der Waals surface area contributed by atoms with Crippen molar-refractivity contribution in [3.05, 3.63) is 62.6 Å². The van der Waals surface area contributed by atoms with Gasteiger partial charge in [0, 0.05) is 15.9 Å². The number of ether oxygens (including phenoxy) is 1. The lowest BCUT2D eigenvalue weighted by Gasteiger charge is -2.07. The molecule has 6 heteroatoms. The summed E-state index contributed by atoms with van der Waals surface area (Å²) in [5.41, 5.74) is 0.783. The Morgan fingerprint density at radius 1 is 1.21 bits per heavy atom. The first-order chi connectivity index (χ1) is 9.10. The maximum atomic E-state index is 11.0. The minimum absolute atomic E-state index is 0.0445. The molecule has 98 valence electrons. The SMILES string of the molecule is O=[N+]([O-])c1cc(CBr)ccc1Oc1cccc(Br)c1. The Balaban J connectivity index is 2.36. The van der Waals surface area contributed by atoms with Gasteiger partial charge in [-0.1, -0.05) is 44.0 Å². The summed E-state index contributed by atoms with van der Waals surface area (Å²) in [5, 5.41) is 11.6. The highest BCUT2D eigenvalue weighted by molar-refractivity contribution is 9.10. The minimum atomic E-state index is -0.445. The van der Waals surface area contributed by atoms with E-state index < -0.39 is 4.92 Å². The van der Waals surface area contributed by atoms with Gasteiger partial charge in [0.15, 0.2) is 0 Å². The van der Waals surface area contributed by atoms with Crippen molar-refractivity contribution < 1.29 is 9.66 Å². The third-order valence-electron chi connectivity index (χ3n) is 2.40. The summed E-state index contributed by atoms with van der Waals surface area (Å²) >= 11 is 6.60. The molecular weight excluding hydrogens is 378 g/mol. The second-order valence-corrected chi connectivity index (χ2v) is 5.23. The van der Waals surface area contributed by atoms with Crippen LogP contribution in [0.15, 0.2) is 46.9 Å². The number of alkyl halides is 1. The third-order valence-corrected chi connectivity index (χ3v) is 3.54. The summed E-state index contributed by atoms with van der Waals surface area (Å²) in [6, 6.07) is 12.1. The predicted molar refractivity (Wildman–Crippen MR) is 79.9 cm³/mol. The van der Waals surface area contributed by atoms with E-state index in [0.717, 1.165) is 10.0 Å². The molecule has 2 aromatic carbocycles. The summed E-state index contributed by atoms with van der Waals surface area (Å²) < 4.78 is 6.42. The molecular formula is C13H9Br2NO3. The summed E-state index contributed by atoms with van der Waals surface area (Å²) in [6.07, 6.45) is 0. The van der Waals surface area contributed by atoms with Crippen molar-refractivity contribution in [2.45, 2.75) is 5.33 Å². The van der Waals surface area contributed by atoms with Crippen LogP contribution in [-0.4, -0.2) is 4.92 Å². The van der Waals surface area contributed by atoms with Crippen molar-refractivity contribution in [3.63, 3.8) is 0 Å². The van der Waals surface area contributed by atoms with Gasteiger partial charge in [-0.05, 0) is 29.8 Å². The maximum absolute atomic E-state index is 11.0. The molecule has 0 N–H and O–H groups in total. The fourth-order valence-electron chi connectivity index (χ4n) is 1.53. The lowest BCUT2D eigenvalue weighted by atomic mass is 10.2. The largest absolute Gasteiger partial charge is 0.450 e. The van der Waals surface area contributed by atoms with E-state index in [-0.39, 0.29) is 11.4 Å². The zero-order chi connectivity index (χ0) is 13.8. The van der Waals surface area contributed by atoms with E-state index in [2.05, 4.69) is 31.9 Å². The molecule has 2 rings (SSSR count). The molecule has 0 saturated carbocycles. The van der Waals surface area contributed by atoms with Gasteiger partial charge in [-0.2, -0.15) is 0 Å². The topological polar surface area (TPSA) is 52.4 Å². The van der Waals surface area contributed by atoms with Crippen molar-refractivity contribution in [3.8, 4) is 11.5 Å². The van der Waals surface area contributed by atoms with Crippen LogP contribution in [0.1, 0.15) is 5.56 Å². The molecule has 2 aromatic rings. The second kappa shape index (κ2) is 6.16. The molecule has 0 aliphatic rings. The first-order valence-corrected chi connectivity index (χ1v) is 7.28. The zero-order valence-electron chi connectivity index (χ0n) is 9.68. The Kier molecular flexibility index (Phi) is 4.55. The van der Waals surface area contributed by atoms with Crippen molar-refractivity contribution in [2.75, 3.05) is 0 Å². The van der Waals surface area contributed by atoms with Crippen LogP contribution >= 0.6 is 31.9 Å². The van der Waals surface area contributed by atoms with E-state index in [0.29, 0.717) is 11.1 Å². The number of hydrogen-bond donors (Lipinski definition) is 0. The molecule has 0 unspecified atom stereocenters. The van der Waals surface area contributed by atoms with Gasteiger partial charge in [0.1, 0.15) is 5.75 Å². The summed E-state index contributed by atoms with van der Waals surface area (Å²) in [4.78, 5) is 10.6. The number of nitro benzene ring substituents is 1. The normalized spacial score (nSPS) is 10.2. The Morgan fingerprint density at radius 3 is 2.63 bits per heavy atom. The smallest absolute Gasteiger partial charge is 0.311 e. The summed E-state index contributed by atoms with van der Waals surface area (Å²) in [6.45, 7) is 0. The van der Waals surface area contributed by atoms with Crippen molar-refractivity contribution >= 4 is 37.5 Å². The van der Waals surface area contributed by atoms with E-state index in [9.17, 15) is 10.1 Å². The fourth-order valence-corrected chi connectivity index (χ4v) is 2.26.